The van der Waals surface area contributed by atoms with Crippen molar-refractivity contribution in [3.05, 3.63) is 23.3 Å². The Morgan fingerprint density at radius 3 is 2.50 bits per heavy atom. The summed E-state index contributed by atoms with van der Waals surface area (Å²) >= 11 is 0. The van der Waals surface area contributed by atoms with Crippen molar-refractivity contribution < 1.29 is 9.53 Å². The SMILES string of the molecule is COc1cc(C)cc(C)c1N(C)C(=O)C1(N)CC1. The number of hydrogen-bond acceptors (Lipinski definition) is 3. The number of ether oxygens (including phenoxy) is 1. The summed E-state index contributed by atoms with van der Waals surface area (Å²) in [5.74, 6) is 0.681. The summed E-state index contributed by atoms with van der Waals surface area (Å²) in [6.45, 7) is 3.98. The van der Waals surface area contributed by atoms with E-state index < -0.39 is 5.54 Å². The molecule has 0 radical (unpaired) electrons. The van der Waals surface area contributed by atoms with E-state index in [4.69, 9.17) is 10.5 Å². The first-order chi connectivity index (χ1) is 8.39. The summed E-state index contributed by atoms with van der Waals surface area (Å²) in [6, 6.07) is 3.97. The summed E-state index contributed by atoms with van der Waals surface area (Å²) < 4.78 is 5.38. The van der Waals surface area contributed by atoms with Crippen molar-refractivity contribution in [3.63, 3.8) is 0 Å². The van der Waals surface area contributed by atoms with Crippen LogP contribution in [0.3, 0.4) is 0 Å². The smallest absolute Gasteiger partial charge is 0.246 e. The molecule has 1 amide bonds. The van der Waals surface area contributed by atoms with Gasteiger partial charge in [0.15, 0.2) is 0 Å². The predicted molar refractivity (Wildman–Crippen MR) is 72.0 cm³/mol. The zero-order chi connectivity index (χ0) is 13.5. The number of nitrogens with two attached hydrogens (primary N) is 1. The molecule has 1 aliphatic rings. The fraction of sp³-hybridized carbons (Fsp3) is 0.500. The molecule has 1 aromatic carbocycles. The molecule has 1 fully saturated rings. The van der Waals surface area contributed by atoms with E-state index in [0.29, 0.717) is 5.75 Å². The van der Waals surface area contributed by atoms with Gasteiger partial charge in [-0.15, -0.1) is 0 Å². The molecule has 0 atom stereocenters. The van der Waals surface area contributed by atoms with Crippen LogP contribution in [0.2, 0.25) is 0 Å². The van der Waals surface area contributed by atoms with Crippen LogP contribution >= 0.6 is 0 Å². The van der Waals surface area contributed by atoms with Crippen LogP contribution in [-0.2, 0) is 4.79 Å². The molecular formula is C14H20N2O2. The quantitative estimate of drug-likeness (QED) is 0.887. The Balaban J connectivity index is 2.40. The summed E-state index contributed by atoms with van der Waals surface area (Å²) in [6.07, 6.45) is 1.53. The minimum absolute atomic E-state index is 0.0345. The minimum Gasteiger partial charge on any atom is -0.495 e. The van der Waals surface area contributed by atoms with E-state index in [2.05, 4.69) is 0 Å². The normalized spacial score (nSPS) is 16.3. The number of benzene rings is 1. The van der Waals surface area contributed by atoms with Crippen LogP contribution in [0.25, 0.3) is 0 Å². The van der Waals surface area contributed by atoms with Crippen LogP contribution in [0.15, 0.2) is 12.1 Å². The number of amides is 1. The molecule has 1 aromatic rings. The Labute approximate surface area is 108 Å². The predicted octanol–water partition coefficient (Wildman–Crippen LogP) is 1.77. The van der Waals surface area contributed by atoms with E-state index in [1.165, 1.54) is 0 Å². The first-order valence-electron chi connectivity index (χ1n) is 6.11. The summed E-state index contributed by atoms with van der Waals surface area (Å²) in [4.78, 5) is 13.9. The van der Waals surface area contributed by atoms with Crippen molar-refractivity contribution in [3.8, 4) is 5.75 Å². The van der Waals surface area contributed by atoms with Crippen molar-refractivity contribution >= 4 is 11.6 Å². The molecule has 0 bridgehead atoms. The van der Waals surface area contributed by atoms with E-state index in [1.54, 1.807) is 19.1 Å². The third-order valence-electron chi connectivity index (χ3n) is 3.48. The summed E-state index contributed by atoms with van der Waals surface area (Å²) in [7, 11) is 3.38. The topological polar surface area (TPSA) is 55.6 Å². The van der Waals surface area contributed by atoms with Crippen LogP contribution in [0.1, 0.15) is 24.0 Å². The van der Waals surface area contributed by atoms with E-state index in [-0.39, 0.29) is 5.91 Å². The van der Waals surface area contributed by atoms with Crippen molar-refractivity contribution in [2.75, 3.05) is 19.1 Å². The zero-order valence-electron chi connectivity index (χ0n) is 11.4. The van der Waals surface area contributed by atoms with Gasteiger partial charge < -0.3 is 15.4 Å². The van der Waals surface area contributed by atoms with E-state index >= 15 is 0 Å². The molecular weight excluding hydrogens is 228 g/mol. The van der Waals surface area contributed by atoms with Crippen molar-refractivity contribution in [1.29, 1.82) is 0 Å². The number of carbonyl (C=O) groups is 1. The Morgan fingerprint density at radius 2 is 2.00 bits per heavy atom. The summed E-state index contributed by atoms with van der Waals surface area (Å²) in [5, 5.41) is 0. The highest BCUT2D eigenvalue weighted by Crippen LogP contribution is 2.38. The maximum Gasteiger partial charge on any atom is 0.246 e. The molecule has 0 spiro atoms. The van der Waals surface area contributed by atoms with Crippen molar-refractivity contribution in [1.82, 2.24) is 0 Å². The second-order valence-electron chi connectivity index (χ2n) is 5.15. The zero-order valence-corrected chi connectivity index (χ0v) is 11.4. The lowest BCUT2D eigenvalue weighted by molar-refractivity contribution is -0.120. The molecule has 2 rings (SSSR count). The number of methoxy groups -OCH3 is 1. The Hall–Kier alpha value is -1.55. The number of anilines is 1. The fourth-order valence-corrected chi connectivity index (χ4v) is 2.29. The lowest BCUT2D eigenvalue weighted by Gasteiger charge is -2.25. The Bertz CT molecular complexity index is 493. The Kier molecular flexibility index (Phi) is 3.07. The fourth-order valence-electron chi connectivity index (χ4n) is 2.29. The van der Waals surface area contributed by atoms with Crippen LogP contribution in [0.4, 0.5) is 5.69 Å². The molecule has 2 N–H and O–H groups in total. The van der Waals surface area contributed by atoms with Crippen LogP contribution < -0.4 is 15.4 Å². The largest absolute Gasteiger partial charge is 0.495 e. The van der Waals surface area contributed by atoms with Crippen molar-refractivity contribution in [2.45, 2.75) is 32.2 Å². The second-order valence-corrected chi connectivity index (χ2v) is 5.15. The number of rotatable bonds is 3. The molecule has 4 nitrogen and oxygen atoms in total. The third-order valence-corrected chi connectivity index (χ3v) is 3.48. The van der Waals surface area contributed by atoms with Gasteiger partial charge in [-0.05, 0) is 43.9 Å². The van der Waals surface area contributed by atoms with Gasteiger partial charge >= 0.3 is 0 Å². The first-order valence-corrected chi connectivity index (χ1v) is 6.11. The molecule has 0 aromatic heterocycles. The molecule has 0 aliphatic heterocycles. The molecule has 18 heavy (non-hydrogen) atoms. The standard InChI is InChI=1S/C14H20N2O2/c1-9-7-10(2)12(11(8-9)18-4)16(3)13(17)14(15)5-6-14/h7-8H,5-6,15H2,1-4H3. The lowest BCUT2D eigenvalue weighted by atomic mass is 10.1. The first kappa shape index (κ1) is 12.9. The van der Waals surface area contributed by atoms with Crippen LogP contribution in [0.5, 0.6) is 5.75 Å². The van der Waals surface area contributed by atoms with Gasteiger partial charge in [-0.2, -0.15) is 0 Å². The Morgan fingerprint density at radius 1 is 1.39 bits per heavy atom. The van der Waals surface area contributed by atoms with E-state index in [0.717, 1.165) is 29.7 Å². The highest BCUT2D eigenvalue weighted by Gasteiger charge is 2.48. The van der Waals surface area contributed by atoms with Gasteiger partial charge in [0.1, 0.15) is 5.75 Å². The highest BCUT2D eigenvalue weighted by molar-refractivity contribution is 6.03. The average Bonchev–Trinajstić information content (AvgIpc) is 3.05. The maximum atomic E-state index is 12.3. The van der Waals surface area contributed by atoms with Gasteiger partial charge in [0.05, 0.1) is 18.3 Å². The molecule has 1 aliphatic carbocycles. The molecule has 0 heterocycles. The van der Waals surface area contributed by atoms with Crippen LogP contribution in [0, 0.1) is 13.8 Å². The van der Waals surface area contributed by atoms with Crippen molar-refractivity contribution in [2.24, 2.45) is 5.73 Å². The number of hydrogen-bond donors (Lipinski definition) is 1. The molecule has 0 unspecified atom stereocenters. The van der Waals surface area contributed by atoms with Gasteiger partial charge in [-0.25, -0.2) is 0 Å². The molecule has 98 valence electrons. The lowest BCUT2D eigenvalue weighted by Crippen LogP contribution is -2.44. The second kappa shape index (κ2) is 4.28. The van der Waals surface area contributed by atoms with Gasteiger partial charge in [-0.3, -0.25) is 4.79 Å². The average molecular weight is 248 g/mol. The van der Waals surface area contributed by atoms with Gasteiger partial charge in [0, 0.05) is 7.05 Å². The number of aryl methyl sites for hydroxylation is 2. The van der Waals surface area contributed by atoms with Crippen LogP contribution in [-0.4, -0.2) is 25.6 Å². The maximum absolute atomic E-state index is 12.3. The third kappa shape index (κ3) is 2.08. The van der Waals surface area contributed by atoms with Gasteiger partial charge in [0.25, 0.3) is 0 Å². The van der Waals surface area contributed by atoms with E-state index in [1.807, 2.05) is 26.0 Å². The number of carbonyl (C=O) groups excluding carboxylic acids is 1. The minimum atomic E-state index is -0.656. The molecule has 4 heteroatoms. The van der Waals surface area contributed by atoms with E-state index in [9.17, 15) is 4.79 Å². The van der Waals surface area contributed by atoms with Gasteiger partial charge in [-0.1, -0.05) is 6.07 Å². The highest BCUT2D eigenvalue weighted by atomic mass is 16.5. The van der Waals surface area contributed by atoms with Gasteiger partial charge in [0.2, 0.25) is 5.91 Å². The summed E-state index contributed by atoms with van der Waals surface area (Å²) in [5.41, 5.74) is 8.26. The number of nitrogens with zero attached hydrogens (tertiary/aromatic N) is 1. The molecule has 0 saturated heterocycles. The monoisotopic (exact) mass is 248 g/mol. The number of likely N-dealkylation sites (N-methyl/N-ethyl adjacent to an activating group) is 1. The molecule has 1 saturated carbocycles.